The first kappa shape index (κ1) is 40.1. The smallest absolute Gasteiger partial charge is 0.321 e. The van der Waals surface area contributed by atoms with E-state index < -0.39 is 11.9 Å². The van der Waals surface area contributed by atoms with Crippen molar-refractivity contribution >= 4 is 45.5 Å². The van der Waals surface area contributed by atoms with Gasteiger partial charge < -0.3 is 29.7 Å². The van der Waals surface area contributed by atoms with Gasteiger partial charge in [0.2, 0.25) is 0 Å². The van der Waals surface area contributed by atoms with Crippen molar-refractivity contribution in [2.24, 2.45) is 11.8 Å². The van der Waals surface area contributed by atoms with Crippen LogP contribution in [0.4, 0.5) is 0 Å². The molecule has 10 nitrogen and oxygen atoms in total. The van der Waals surface area contributed by atoms with E-state index in [1.54, 1.807) is 6.92 Å². The molecule has 0 saturated carbocycles. The van der Waals surface area contributed by atoms with E-state index in [0.717, 1.165) is 69.2 Å². The van der Waals surface area contributed by atoms with Gasteiger partial charge in [-0.25, -0.2) is 0 Å². The fraction of sp³-hybridized carbons (Fsp3) is 0.556. The molecule has 1 unspecified atom stereocenters. The van der Waals surface area contributed by atoms with Crippen molar-refractivity contribution in [2.45, 2.75) is 137 Å². The van der Waals surface area contributed by atoms with Gasteiger partial charge in [0.1, 0.15) is 11.7 Å². The van der Waals surface area contributed by atoms with Crippen LogP contribution in [0.1, 0.15) is 162 Å². The van der Waals surface area contributed by atoms with Crippen molar-refractivity contribution in [1.29, 1.82) is 0 Å². The van der Waals surface area contributed by atoms with Gasteiger partial charge in [-0.3, -0.25) is 19.6 Å². The lowest BCUT2D eigenvalue weighted by Gasteiger charge is -2.19. The third-order valence-electron chi connectivity index (χ3n) is 12.5. The summed E-state index contributed by atoms with van der Waals surface area (Å²) in [6, 6.07) is 6.11. The van der Waals surface area contributed by atoms with Crippen molar-refractivity contribution in [3.8, 4) is 0 Å². The summed E-state index contributed by atoms with van der Waals surface area (Å²) in [5.41, 5.74) is 8.51. The van der Waals surface area contributed by atoms with Crippen LogP contribution in [0.25, 0.3) is 33.6 Å². The maximum Gasteiger partial charge on any atom is 0.321 e. The minimum Gasteiger partial charge on any atom is -0.512 e. The molecule has 1 aliphatic carbocycles. The average Bonchev–Trinajstić information content (AvgIpc) is 3.87. The minimum absolute atomic E-state index is 0.0716. The Morgan fingerprint density at radius 2 is 1.55 bits per heavy atom. The second-order valence-corrected chi connectivity index (χ2v) is 16.7. The highest BCUT2D eigenvalue weighted by atomic mass is 16.5. The Morgan fingerprint density at radius 1 is 0.891 bits per heavy atom. The molecule has 0 fully saturated rings. The number of rotatable bonds is 12. The first-order valence-electron chi connectivity index (χ1n) is 20.3. The fourth-order valence-corrected chi connectivity index (χ4v) is 9.11. The molecule has 0 amide bonds. The van der Waals surface area contributed by atoms with Crippen molar-refractivity contribution in [3.63, 3.8) is 0 Å². The molecular formula is C45H60N4O6. The molecule has 3 aliphatic rings. The number of aliphatic hydroxyl groups is 2. The number of fused-ring (bicyclic) bond motifs is 8. The molecule has 3 aromatic heterocycles. The highest BCUT2D eigenvalue weighted by molar-refractivity contribution is 5.96. The number of carbonyl (C=O) groups excluding carboxylic acids is 2. The lowest BCUT2D eigenvalue weighted by molar-refractivity contribution is -0.144. The van der Waals surface area contributed by atoms with Crippen molar-refractivity contribution in [2.75, 3.05) is 13.7 Å². The van der Waals surface area contributed by atoms with Gasteiger partial charge in [0.15, 0.2) is 0 Å². The molecule has 2 aliphatic heterocycles. The molecule has 0 spiro atoms. The standard InChI is InChI=1S/C45H60N4O6/c1-11-29-24(5)31-21-36-38(28(9)50)26(7)33(47-36)19-32-25(6)30(15-16-37(51)55-18-17-23(4)14-12-13-22(2)3)42(48-32)40-41(45(53)54-10)44(52)39-27(8)34(49-43(39)40)20-35(29)46-31/h19-25,29-30,41,47,49-50,52H,11-18H2,1-10H3/b32-19?,35-20?,36-21?,38-28+/t23?,24-,25+,29-,30+,41-/m1/s1. The van der Waals surface area contributed by atoms with E-state index in [9.17, 15) is 19.8 Å². The molecule has 5 heterocycles. The highest BCUT2D eigenvalue weighted by Crippen LogP contribution is 2.46. The zero-order valence-corrected chi connectivity index (χ0v) is 34.4. The molecule has 8 bridgehead atoms. The van der Waals surface area contributed by atoms with E-state index in [0.29, 0.717) is 46.9 Å². The number of hydrogen-bond acceptors (Lipinski definition) is 8. The Balaban J connectivity index is 1.51. The third kappa shape index (κ3) is 7.66. The number of carbonyl (C=O) groups is 2. The molecule has 6 atom stereocenters. The van der Waals surface area contributed by atoms with Gasteiger partial charge in [-0.15, -0.1) is 0 Å². The van der Waals surface area contributed by atoms with Crippen LogP contribution >= 0.6 is 0 Å². The van der Waals surface area contributed by atoms with Gasteiger partial charge in [-0.05, 0) is 81.2 Å². The summed E-state index contributed by atoms with van der Waals surface area (Å²) in [4.78, 5) is 44.4. The molecule has 296 valence electrons. The maximum atomic E-state index is 13.6. The van der Waals surface area contributed by atoms with E-state index in [2.05, 4.69) is 57.6 Å². The summed E-state index contributed by atoms with van der Waals surface area (Å²) in [5.74, 6) is -0.750. The van der Waals surface area contributed by atoms with E-state index in [1.807, 2.05) is 26.0 Å². The van der Waals surface area contributed by atoms with Crippen molar-refractivity contribution < 1.29 is 29.3 Å². The molecule has 10 heteroatoms. The molecule has 6 rings (SSSR count). The number of aromatic amines is 2. The Labute approximate surface area is 324 Å². The number of esters is 2. The van der Waals surface area contributed by atoms with E-state index in [1.165, 1.54) is 20.0 Å². The van der Waals surface area contributed by atoms with Crippen LogP contribution in [-0.4, -0.2) is 55.8 Å². The quantitative estimate of drug-likeness (QED) is 0.134. The summed E-state index contributed by atoms with van der Waals surface area (Å²) in [5, 5.41) is 24.1. The Bertz CT molecular complexity index is 2260. The number of aromatic nitrogens is 4. The number of aliphatic hydroxyl groups excluding tert-OH is 2. The molecule has 55 heavy (non-hydrogen) atoms. The predicted octanol–water partition coefficient (Wildman–Crippen LogP) is 8.91. The molecule has 4 N–H and O–H groups in total. The maximum absolute atomic E-state index is 13.6. The number of ether oxygens (including phenoxy) is 2. The summed E-state index contributed by atoms with van der Waals surface area (Å²) in [7, 11) is 1.33. The predicted molar refractivity (Wildman–Crippen MR) is 217 cm³/mol. The largest absolute Gasteiger partial charge is 0.512 e. The second-order valence-electron chi connectivity index (χ2n) is 16.7. The van der Waals surface area contributed by atoms with Gasteiger partial charge in [-0.2, -0.15) is 0 Å². The van der Waals surface area contributed by atoms with E-state index >= 15 is 0 Å². The van der Waals surface area contributed by atoms with Crippen molar-refractivity contribution in [1.82, 2.24) is 19.9 Å². The lowest BCUT2D eigenvalue weighted by Crippen LogP contribution is -2.18. The van der Waals surface area contributed by atoms with Gasteiger partial charge in [0.05, 0.1) is 36.2 Å². The normalized spacial score (nSPS) is 21.6. The molecule has 0 aromatic carbocycles. The van der Waals surface area contributed by atoms with Crippen LogP contribution in [0.5, 0.6) is 0 Å². The van der Waals surface area contributed by atoms with Gasteiger partial charge in [0, 0.05) is 74.2 Å². The first-order chi connectivity index (χ1) is 26.2. The van der Waals surface area contributed by atoms with E-state index in [4.69, 9.17) is 19.4 Å². The zero-order chi connectivity index (χ0) is 39.9. The van der Waals surface area contributed by atoms with Crippen LogP contribution in [0.15, 0.2) is 18.2 Å². The lowest BCUT2D eigenvalue weighted by atomic mass is 9.84. The number of methoxy groups -OCH3 is 1. The molecule has 0 radical (unpaired) electrons. The van der Waals surface area contributed by atoms with Crippen LogP contribution < -0.4 is 10.4 Å². The Hall–Kier alpha value is -4.60. The number of nitrogens with one attached hydrogen (secondary N) is 2. The van der Waals surface area contributed by atoms with Crippen LogP contribution in [0.3, 0.4) is 0 Å². The Morgan fingerprint density at radius 3 is 2.22 bits per heavy atom. The number of hydrogen-bond donors (Lipinski definition) is 4. The van der Waals surface area contributed by atoms with Gasteiger partial charge in [-0.1, -0.05) is 60.8 Å². The summed E-state index contributed by atoms with van der Waals surface area (Å²) >= 11 is 0. The minimum atomic E-state index is -1.08. The number of aryl methyl sites for hydroxylation is 2. The van der Waals surface area contributed by atoms with Gasteiger partial charge >= 0.3 is 11.9 Å². The summed E-state index contributed by atoms with van der Waals surface area (Å²) < 4.78 is 11.1. The van der Waals surface area contributed by atoms with Crippen LogP contribution in [0.2, 0.25) is 0 Å². The average molecular weight is 753 g/mol. The van der Waals surface area contributed by atoms with Crippen molar-refractivity contribution in [3.05, 3.63) is 68.1 Å². The summed E-state index contributed by atoms with van der Waals surface area (Å²) in [6.07, 6.45) is 5.83. The highest BCUT2D eigenvalue weighted by Gasteiger charge is 2.41. The fourth-order valence-electron chi connectivity index (χ4n) is 9.11. The Kier molecular flexibility index (Phi) is 11.8. The van der Waals surface area contributed by atoms with Crippen LogP contribution in [-0.2, 0) is 19.1 Å². The monoisotopic (exact) mass is 752 g/mol. The molecule has 3 aromatic rings. The third-order valence-corrected chi connectivity index (χ3v) is 12.5. The SMILES string of the molecule is CC[C@H]1c2cc3[nH]c4c(c5nc(cc6[nH]c(cc(n2)[C@@H]1C)/c(=C(\C)O)c6C)[C@@H](C)[C@@H]5CCC(=O)OCCC(C)CCCC(C)C)[C@@H](C(=O)OC)C(O)=c4c3C. The summed E-state index contributed by atoms with van der Waals surface area (Å²) in [6.45, 7) is 19.1. The molecule has 0 saturated heterocycles. The second kappa shape index (κ2) is 16.2. The number of H-pyrrole nitrogens is 2. The van der Waals surface area contributed by atoms with Gasteiger partial charge in [0.25, 0.3) is 0 Å². The van der Waals surface area contributed by atoms with E-state index in [-0.39, 0.29) is 47.6 Å². The number of nitrogens with zero attached hydrogens (tertiary/aromatic N) is 2. The molecular weight excluding hydrogens is 693 g/mol. The topological polar surface area (TPSA) is 150 Å². The van der Waals surface area contributed by atoms with Crippen LogP contribution in [0, 0.1) is 25.7 Å². The first-order valence-corrected chi connectivity index (χ1v) is 20.3. The zero-order valence-electron chi connectivity index (χ0n) is 34.4.